The third-order valence-electron chi connectivity index (χ3n) is 3.26. The van der Waals surface area contributed by atoms with E-state index in [4.69, 9.17) is 0 Å². The summed E-state index contributed by atoms with van der Waals surface area (Å²) in [6.45, 7) is 5.72. The zero-order valence-electron chi connectivity index (χ0n) is 12.8. The quantitative estimate of drug-likeness (QED) is 0.659. The molecule has 112 valence electrons. The van der Waals surface area contributed by atoms with Crippen molar-refractivity contribution in [3.63, 3.8) is 0 Å². The number of guanidine groups is 1. The second-order valence-electron chi connectivity index (χ2n) is 4.77. The van der Waals surface area contributed by atoms with Gasteiger partial charge in [0.15, 0.2) is 5.96 Å². The van der Waals surface area contributed by atoms with Gasteiger partial charge in [-0.25, -0.2) is 0 Å². The molecule has 0 saturated heterocycles. The lowest BCUT2D eigenvalue weighted by Gasteiger charge is -2.11. The number of aromatic nitrogens is 1. The normalized spacial score (nSPS) is 11.5. The van der Waals surface area contributed by atoms with Gasteiger partial charge in [-0.2, -0.15) is 0 Å². The second kappa shape index (κ2) is 7.78. The Hall–Kier alpha value is -1.88. The van der Waals surface area contributed by atoms with Crippen LogP contribution >= 0.6 is 11.3 Å². The van der Waals surface area contributed by atoms with Gasteiger partial charge in [0, 0.05) is 23.0 Å². The molecule has 0 spiro atoms. The van der Waals surface area contributed by atoms with Gasteiger partial charge in [0.2, 0.25) is 0 Å². The van der Waals surface area contributed by atoms with Crippen molar-refractivity contribution in [1.29, 1.82) is 0 Å². The van der Waals surface area contributed by atoms with E-state index in [-0.39, 0.29) is 0 Å². The van der Waals surface area contributed by atoms with Crippen molar-refractivity contribution in [2.75, 3.05) is 7.05 Å². The molecule has 21 heavy (non-hydrogen) atoms. The average molecular weight is 302 g/mol. The third kappa shape index (κ3) is 4.56. The average Bonchev–Trinajstić information content (AvgIpc) is 2.97. The van der Waals surface area contributed by atoms with Crippen LogP contribution in [0.2, 0.25) is 0 Å². The number of pyridine rings is 1. The molecule has 0 fully saturated rings. The Morgan fingerprint density at radius 2 is 1.95 bits per heavy atom. The molecule has 0 aromatic carbocycles. The number of aryl methyl sites for hydroxylation is 2. The minimum atomic E-state index is 0.678. The van der Waals surface area contributed by atoms with Gasteiger partial charge in [-0.15, -0.1) is 11.3 Å². The molecular weight excluding hydrogens is 280 g/mol. The number of nitrogens with one attached hydrogen (secondary N) is 2. The van der Waals surface area contributed by atoms with Crippen LogP contribution in [0.25, 0.3) is 0 Å². The molecule has 0 radical (unpaired) electrons. The largest absolute Gasteiger partial charge is 0.352 e. The van der Waals surface area contributed by atoms with Crippen LogP contribution in [0.5, 0.6) is 0 Å². The van der Waals surface area contributed by atoms with E-state index in [0.717, 1.165) is 24.6 Å². The fourth-order valence-corrected chi connectivity index (χ4v) is 2.87. The molecule has 0 atom stereocenters. The number of aliphatic imine (C=N–C) groups is 1. The lowest BCUT2D eigenvalue weighted by atomic mass is 10.2. The maximum absolute atomic E-state index is 4.37. The van der Waals surface area contributed by atoms with E-state index in [2.05, 4.69) is 52.7 Å². The molecule has 2 aromatic heterocycles. The molecular formula is C16H22N4S. The van der Waals surface area contributed by atoms with Crippen LogP contribution in [-0.4, -0.2) is 18.0 Å². The number of hydrogen-bond acceptors (Lipinski definition) is 3. The monoisotopic (exact) mass is 302 g/mol. The highest BCUT2D eigenvalue weighted by Gasteiger charge is 2.03. The molecule has 0 aliphatic heterocycles. The lowest BCUT2D eigenvalue weighted by Crippen LogP contribution is -2.36. The van der Waals surface area contributed by atoms with Gasteiger partial charge in [0.05, 0.1) is 18.8 Å². The van der Waals surface area contributed by atoms with E-state index in [1.165, 1.54) is 15.3 Å². The Kier molecular flexibility index (Phi) is 5.75. The first-order valence-electron chi connectivity index (χ1n) is 7.15. The van der Waals surface area contributed by atoms with Gasteiger partial charge in [0.25, 0.3) is 0 Å². The van der Waals surface area contributed by atoms with E-state index in [9.17, 15) is 0 Å². The minimum absolute atomic E-state index is 0.678. The summed E-state index contributed by atoms with van der Waals surface area (Å²) in [6.07, 6.45) is 2.91. The molecule has 0 bridgehead atoms. The predicted molar refractivity (Wildman–Crippen MR) is 89.7 cm³/mol. The van der Waals surface area contributed by atoms with Crippen LogP contribution in [0, 0.1) is 6.92 Å². The Labute approximate surface area is 130 Å². The van der Waals surface area contributed by atoms with Gasteiger partial charge in [-0.05, 0) is 37.1 Å². The van der Waals surface area contributed by atoms with Crippen LogP contribution < -0.4 is 10.6 Å². The third-order valence-corrected chi connectivity index (χ3v) is 4.49. The zero-order valence-corrected chi connectivity index (χ0v) is 13.6. The van der Waals surface area contributed by atoms with Crippen LogP contribution in [0.1, 0.15) is 27.9 Å². The first-order chi connectivity index (χ1) is 10.2. The Balaban J connectivity index is 1.85. The molecule has 0 unspecified atom stereocenters. The van der Waals surface area contributed by atoms with E-state index >= 15 is 0 Å². The van der Waals surface area contributed by atoms with Crippen molar-refractivity contribution in [3.05, 3.63) is 51.5 Å². The van der Waals surface area contributed by atoms with Gasteiger partial charge >= 0.3 is 0 Å². The number of thiophene rings is 1. The Bertz CT molecular complexity index is 604. The Morgan fingerprint density at radius 3 is 2.62 bits per heavy atom. The van der Waals surface area contributed by atoms with Gasteiger partial charge in [-0.1, -0.05) is 13.0 Å². The lowest BCUT2D eigenvalue weighted by molar-refractivity contribution is 0.794. The summed E-state index contributed by atoms with van der Waals surface area (Å²) < 4.78 is 0. The smallest absolute Gasteiger partial charge is 0.191 e. The highest BCUT2D eigenvalue weighted by atomic mass is 32.1. The SMILES string of the molecule is CCc1ccc(CNC(=NC)NCc2ncccc2C)s1. The zero-order chi connectivity index (χ0) is 15.1. The first-order valence-corrected chi connectivity index (χ1v) is 7.97. The summed E-state index contributed by atoms with van der Waals surface area (Å²) in [5, 5.41) is 6.63. The van der Waals surface area contributed by atoms with E-state index < -0.39 is 0 Å². The highest BCUT2D eigenvalue weighted by molar-refractivity contribution is 7.11. The molecule has 0 aliphatic rings. The van der Waals surface area contributed by atoms with Crippen molar-refractivity contribution < 1.29 is 0 Å². The predicted octanol–water partition coefficient (Wildman–Crippen LogP) is 2.88. The van der Waals surface area contributed by atoms with Gasteiger partial charge in [-0.3, -0.25) is 9.98 Å². The van der Waals surface area contributed by atoms with E-state index in [1.54, 1.807) is 7.05 Å². The minimum Gasteiger partial charge on any atom is -0.352 e. The molecule has 5 heteroatoms. The first kappa shape index (κ1) is 15.5. The van der Waals surface area contributed by atoms with Crippen molar-refractivity contribution in [2.45, 2.75) is 33.4 Å². The van der Waals surface area contributed by atoms with E-state index in [1.807, 2.05) is 23.6 Å². The summed E-state index contributed by atoms with van der Waals surface area (Å²) in [4.78, 5) is 11.4. The topological polar surface area (TPSA) is 49.3 Å². The van der Waals surface area contributed by atoms with Gasteiger partial charge in [0.1, 0.15) is 0 Å². The Morgan fingerprint density at radius 1 is 1.19 bits per heavy atom. The maximum atomic E-state index is 4.37. The number of hydrogen-bond donors (Lipinski definition) is 2. The molecule has 2 rings (SSSR count). The second-order valence-corrected chi connectivity index (χ2v) is 6.02. The van der Waals surface area contributed by atoms with Crippen LogP contribution in [0.15, 0.2) is 35.5 Å². The van der Waals surface area contributed by atoms with Crippen molar-refractivity contribution in [3.8, 4) is 0 Å². The van der Waals surface area contributed by atoms with Crippen molar-refractivity contribution in [2.24, 2.45) is 4.99 Å². The molecule has 2 heterocycles. The summed E-state index contributed by atoms with van der Waals surface area (Å²) in [5.74, 6) is 0.798. The standard InChI is InChI=1S/C16H22N4S/c1-4-13-7-8-14(21-13)10-19-16(17-3)20-11-15-12(2)6-5-9-18-15/h5-9H,4,10-11H2,1-3H3,(H2,17,19,20). The van der Waals surface area contributed by atoms with Crippen LogP contribution in [0.3, 0.4) is 0 Å². The fourth-order valence-electron chi connectivity index (χ4n) is 1.97. The molecule has 4 nitrogen and oxygen atoms in total. The van der Waals surface area contributed by atoms with Crippen LogP contribution in [0.4, 0.5) is 0 Å². The fraction of sp³-hybridized carbons (Fsp3) is 0.375. The number of rotatable bonds is 5. The number of nitrogens with zero attached hydrogens (tertiary/aromatic N) is 2. The molecule has 2 aromatic rings. The molecule has 0 saturated carbocycles. The molecule has 2 N–H and O–H groups in total. The summed E-state index contributed by atoms with van der Waals surface area (Å²) in [7, 11) is 1.78. The van der Waals surface area contributed by atoms with Gasteiger partial charge < -0.3 is 10.6 Å². The molecule has 0 amide bonds. The highest BCUT2D eigenvalue weighted by Crippen LogP contribution is 2.16. The van der Waals surface area contributed by atoms with Crippen molar-refractivity contribution in [1.82, 2.24) is 15.6 Å². The summed E-state index contributed by atoms with van der Waals surface area (Å²) in [6, 6.07) is 8.38. The molecule has 0 aliphatic carbocycles. The van der Waals surface area contributed by atoms with Crippen molar-refractivity contribution >= 4 is 17.3 Å². The summed E-state index contributed by atoms with van der Waals surface area (Å²) >= 11 is 1.84. The van der Waals surface area contributed by atoms with E-state index in [0.29, 0.717) is 6.54 Å². The summed E-state index contributed by atoms with van der Waals surface area (Å²) in [5.41, 5.74) is 2.23. The van der Waals surface area contributed by atoms with Crippen LogP contribution in [-0.2, 0) is 19.5 Å². The maximum Gasteiger partial charge on any atom is 0.191 e.